The van der Waals surface area contributed by atoms with Crippen molar-refractivity contribution in [3.8, 4) is 0 Å². The minimum atomic E-state index is -0.714. The van der Waals surface area contributed by atoms with Gasteiger partial charge in [-0.2, -0.15) is 0 Å². The summed E-state index contributed by atoms with van der Waals surface area (Å²) in [4.78, 5) is 13.0. The van der Waals surface area contributed by atoms with E-state index in [4.69, 9.17) is 5.11 Å². The minimum absolute atomic E-state index is 0.214. The van der Waals surface area contributed by atoms with E-state index in [-0.39, 0.29) is 12.0 Å². The molecule has 0 aromatic carbocycles. The molecule has 1 atom stereocenters. The van der Waals surface area contributed by atoms with Gasteiger partial charge in [0, 0.05) is 11.6 Å². The lowest BCUT2D eigenvalue weighted by Gasteiger charge is -2.42. The standard InChI is InChI=1S/C11H23NO2/c1-6-11(5,8-10(13)14)12(7-2)9(3)4/h9H,6-8H2,1-5H3,(H,13,14). The van der Waals surface area contributed by atoms with Gasteiger partial charge in [-0.1, -0.05) is 13.8 Å². The second-order valence-corrected chi connectivity index (χ2v) is 4.30. The van der Waals surface area contributed by atoms with Crippen molar-refractivity contribution in [3.63, 3.8) is 0 Å². The lowest BCUT2D eigenvalue weighted by atomic mass is 9.91. The lowest BCUT2D eigenvalue weighted by molar-refractivity contribution is -0.140. The highest BCUT2D eigenvalue weighted by atomic mass is 16.4. The van der Waals surface area contributed by atoms with Crippen molar-refractivity contribution < 1.29 is 9.90 Å². The summed E-state index contributed by atoms with van der Waals surface area (Å²) < 4.78 is 0. The van der Waals surface area contributed by atoms with E-state index in [0.29, 0.717) is 6.04 Å². The van der Waals surface area contributed by atoms with Gasteiger partial charge >= 0.3 is 5.97 Å². The first-order valence-corrected chi connectivity index (χ1v) is 5.36. The summed E-state index contributed by atoms with van der Waals surface area (Å²) in [5, 5.41) is 8.88. The van der Waals surface area contributed by atoms with Gasteiger partial charge in [-0.25, -0.2) is 0 Å². The summed E-state index contributed by atoms with van der Waals surface area (Å²) in [6, 6.07) is 0.393. The van der Waals surface area contributed by atoms with Crippen LogP contribution in [0.1, 0.15) is 47.5 Å². The Labute approximate surface area is 87.1 Å². The van der Waals surface area contributed by atoms with Gasteiger partial charge in [0.05, 0.1) is 6.42 Å². The van der Waals surface area contributed by atoms with Crippen molar-refractivity contribution in [2.75, 3.05) is 6.54 Å². The average molecular weight is 201 g/mol. The van der Waals surface area contributed by atoms with Crippen LogP contribution in [-0.2, 0) is 4.79 Å². The molecule has 0 spiro atoms. The summed E-state index contributed by atoms with van der Waals surface area (Å²) in [5.41, 5.74) is -0.214. The van der Waals surface area contributed by atoms with Crippen LogP contribution >= 0.6 is 0 Å². The predicted octanol–water partition coefficient (Wildman–Crippen LogP) is 2.36. The Morgan fingerprint density at radius 2 is 1.93 bits per heavy atom. The molecule has 0 radical (unpaired) electrons. The third-order valence-electron chi connectivity index (χ3n) is 2.95. The average Bonchev–Trinajstić information content (AvgIpc) is 2.03. The van der Waals surface area contributed by atoms with Crippen LogP contribution in [0, 0.1) is 0 Å². The normalized spacial score (nSPS) is 15.9. The molecule has 0 fully saturated rings. The molecule has 0 saturated heterocycles. The topological polar surface area (TPSA) is 40.5 Å². The van der Waals surface area contributed by atoms with Crippen LogP contribution in [0.2, 0.25) is 0 Å². The predicted molar refractivity (Wildman–Crippen MR) is 58.5 cm³/mol. The van der Waals surface area contributed by atoms with Gasteiger partial charge in [0.15, 0.2) is 0 Å². The molecule has 3 nitrogen and oxygen atoms in total. The highest BCUT2D eigenvalue weighted by molar-refractivity contribution is 5.68. The maximum atomic E-state index is 10.8. The van der Waals surface area contributed by atoms with Crippen LogP contribution in [0.25, 0.3) is 0 Å². The first kappa shape index (κ1) is 13.4. The zero-order valence-corrected chi connectivity index (χ0v) is 10.0. The quantitative estimate of drug-likeness (QED) is 0.717. The van der Waals surface area contributed by atoms with E-state index in [1.165, 1.54) is 0 Å². The molecule has 0 saturated carbocycles. The Bertz CT molecular complexity index is 192. The van der Waals surface area contributed by atoms with Crippen molar-refractivity contribution >= 4 is 5.97 Å². The molecule has 84 valence electrons. The molecule has 1 unspecified atom stereocenters. The monoisotopic (exact) mass is 201 g/mol. The molecule has 14 heavy (non-hydrogen) atoms. The van der Waals surface area contributed by atoms with Crippen molar-refractivity contribution in [1.82, 2.24) is 4.90 Å². The van der Waals surface area contributed by atoms with E-state index >= 15 is 0 Å². The first-order valence-electron chi connectivity index (χ1n) is 5.36. The maximum absolute atomic E-state index is 10.8. The van der Waals surface area contributed by atoms with Gasteiger partial charge in [0.25, 0.3) is 0 Å². The van der Waals surface area contributed by atoms with Crippen LogP contribution in [0.15, 0.2) is 0 Å². The SMILES string of the molecule is CCN(C(C)C)C(C)(CC)CC(=O)O. The van der Waals surface area contributed by atoms with Crippen LogP contribution in [0.3, 0.4) is 0 Å². The Morgan fingerprint density at radius 3 is 2.14 bits per heavy atom. The summed E-state index contributed by atoms with van der Waals surface area (Å²) >= 11 is 0. The molecule has 3 heteroatoms. The number of nitrogens with zero attached hydrogens (tertiary/aromatic N) is 1. The van der Waals surface area contributed by atoms with Crippen LogP contribution in [0.5, 0.6) is 0 Å². The Balaban J connectivity index is 4.70. The molecular weight excluding hydrogens is 178 g/mol. The number of hydrogen-bond acceptors (Lipinski definition) is 2. The molecule has 0 rings (SSSR count). The van der Waals surface area contributed by atoms with Gasteiger partial charge in [-0.3, -0.25) is 9.69 Å². The molecular formula is C11H23NO2. The number of rotatable bonds is 6. The zero-order chi connectivity index (χ0) is 11.4. The molecule has 1 N–H and O–H groups in total. The van der Waals surface area contributed by atoms with Gasteiger partial charge in [0.2, 0.25) is 0 Å². The van der Waals surface area contributed by atoms with Gasteiger partial charge < -0.3 is 5.11 Å². The third-order valence-corrected chi connectivity index (χ3v) is 2.95. The Hall–Kier alpha value is -0.570. The van der Waals surface area contributed by atoms with E-state index in [0.717, 1.165) is 13.0 Å². The van der Waals surface area contributed by atoms with E-state index in [1.807, 2.05) is 13.8 Å². The molecule has 0 aromatic heterocycles. The van der Waals surface area contributed by atoms with Crippen LogP contribution in [0.4, 0.5) is 0 Å². The summed E-state index contributed by atoms with van der Waals surface area (Å²) in [6.07, 6.45) is 1.08. The van der Waals surface area contributed by atoms with Crippen LogP contribution < -0.4 is 0 Å². The van der Waals surface area contributed by atoms with Crippen LogP contribution in [-0.4, -0.2) is 34.1 Å². The maximum Gasteiger partial charge on any atom is 0.305 e. The summed E-state index contributed by atoms with van der Waals surface area (Å²) in [7, 11) is 0. The van der Waals surface area contributed by atoms with E-state index in [2.05, 4.69) is 25.7 Å². The van der Waals surface area contributed by atoms with E-state index in [9.17, 15) is 4.79 Å². The summed E-state index contributed by atoms with van der Waals surface area (Å²) in [5.74, 6) is -0.714. The molecule has 0 bridgehead atoms. The minimum Gasteiger partial charge on any atom is -0.481 e. The number of carbonyl (C=O) groups is 1. The largest absolute Gasteiger partial charge is 0.481 e. The molecule has 0 aliphatic rings. The van der Waals surface area contributed by atoms with Gasteiger partial charge in [-0.05, 0) is 33.7 Å². The smallest absolute Gasteiger partial charge is 0.305 e. The highest BCUT2D eigenvalue weighted by Gasteiger charge is 2.32. The summed E-state index contributed by atoms with van der Waals surface area (Å²) in [6.45, 7) is 11.3. The number of aliphatic carboxylic acids is 1. The van der Waals surface area contributed by atoms with E-state index in [1.54, 1.807) is 0 Å². The molecule has 0 amide bonds. The molecule has 0 aromatic rings. The first-order chi connectivity index (χ1) is 6.37. The Kier molecular flexibility index (Phi) is 5.13. The lowest BCUT2D eigenvalue weighted by Crippen LogP contribution is -2.50. The van der Waals surface area contributed by atoms with Gasteiger partial charge in [0.1, 0.15) is 0 Å². The molecule has 0 heterocycles. The second kappa shape index (κ2) is 5.35. The number of carboxylic acids is 1. The second-order valence-electron chi connectivity index (χ2n) is 4.30. The van der Waals surface area contributed by atoms with Gasteiger partial charge in [-0.15, -0.1) is 0 Å². The number of carboxylic acid groups (broad SMARTS) is 1. The van der Waals surface area contributed by atoms with Crippen molar-refractivity contribution in [2.24, 2.45) is 0 Å². The zero-order valence-electron chi connectivity index (χ0n) is 10.0. The molecule has 0 aliphatic carbocycles. The van der Waals surface area contributed by atoms with Crippen molar-refractivity contribution in [3.05, 3.63) is 0 Å². The fourth-order valence-corrected chi connectivity index (χ4v) is 2.13. The number of hydrogen-bond donors (Lipinski definition) is 1. The highest BCUT2D eigenvalue weighted by Crippen LogP contribution is 2.25. The fourth-order valence-electron chi connectivity index (χ4n) is 2.13. The Morgan fingerprint density at radius 1 is 1.43 bits per heavy atom. The van der Waals surface area contributed by atoms with Crippen molar-refractivity contribution in [2.45, 2.75) is 59.0 Å². The van der Waals surface area contributed by atoms with Crippen molar-refractivity contribution in [1.29, 1.82) is 0 Å². The fraction of sp³-hybridized carbons (Fsp3) is 0.909. The third kappa shape index (κ3) is 3.29. The van der Waals surface area contributed by atoms with E-state index < -0.39 is 5.97 Å². The molecule has 0 aliphatic heterocycles.